The zero-order valence-electron chi connectivity index (χ0n) is 14.1. The van der Waals surface area contributed by atoms with Crippen LogP contribution in [0.3, 0.4) is 0 Å². The SMILES string of the molecule is O=C(c1ccc(-c2ccccc2)c2ccccc12)N1CCCC(O)C1. The molecule has 1 heterocycles. The van der Waals surface area contributed by atoms with Gasteiger partial charge in [0.15, 0.2) is 0 Å². The first-order valence-electron chi connectivity index (χ1n) is 8.78. The zero-order valence-corrected chi connectivity index (χ0v) is 14.1. The number of piperidine rings is 1. The largest absolute Gasteiger partial charge is 0.391 e. The smallest absolute Gasteiger partial charge is 0.254 e. The molecule has 126 valence electrons. The number of hydrogen-bond donors (Lipinski definition) is 1. The van der Waals surface area contributed by atoms with Gasteiger partial charge in [0.1, 0.15) is 0 Å². The fourth-order valence-electron chi connectivity index (χ4n) is 3.66. The number of nitrogens with zero attached hydrogens (tertiary/aromatic N) is 1. The van der Waals surface area contributed by atoms with Crippen LogP contribution in [-0.2, 0) is 0 Å². The summed E-state index contributed by atoms with van der Waals surface area (Å²) in [6.07, 6.45) is 1.22. The van der Waals surface area contributed by atoms with Gasteiger partial charge in [-0.25, -0.2) is 0 Å². The van der Waals surface area contributed by atoms with E-state index in [0.29, 0.717) is 18.7 Å². The number of carbonyl (C=O) groups excluding carboxylic acids is 1. The van der Waals surface area contributed by atoms with Crippen molar-refractivity contribution in [2.45, 2.75) is 18.9 Å². The Balaban J connectivity index is 1.80. The van der Waals surface area contributed by atoms with Crippen molar-refractivity contribution in [2.24, 2.45) is 0 Å². The van der Waals surface area contributed by atoms with Crippen molar-refractivity contribution in [1.82, 2.24) is 4.90 Å². The molecule has 1 aliphatic heterocycles. The minimum absolute atomic E-state index is 0.00885. The summed E-state index contributed by atoms with van der Waals surface area (Å²) >= 11 is 0. The molecule has 3 aromatic carbocycles. The van der Waals surface area contributed by atoms with E-state index < -0.39 is 6.10 Å². The lowest BCUT2D eigenvalue weighted by molar-refractivity contribution is 0.0475. The number of fused-ring (bicyclic) bond motifs is 1. The molecule has 0 radical (unpaired) electrons. The lowest BCUT2D eigenvalue weighted by Crippen LogP contribution is -2.42. The summed E-state index contributed by atoms with van der Waals surface area (Å²) in [7, 11) is 0. The number of aliphatic hydroxyl groups is 1. The molecule has 1 amide bonds. The Kier molecular flexibility index (Phi) is 4.24. The molecule has 1 atom stereocenters. The number of carbonyl (C=O) groups is 1. The predicted octanol–water partition coefficient (Wildman–Crippen LogP) is 4.10. The molecule has 1 N–H and O–H groups in total. The summed E-state index contributed by atoms with van der Waals surface area (Å²) in [6.45, 7) is 1.14. The average Bonchev–Trinajstić information content (AvgIpc) is 2.67. The van der Waals surface area contributed by atoms with Gasteiger partial charge in [-0.2, -0.15) is 0 Å². The highest BCUT2D eigenvalue weighted by Crippen LogP contribution is 2.31. The molecule has 3 aromatic rings. The molecule has 0 aromatic heterocycles. The lowest BCUT2D eigenvalue weighted by atomic mass is 9.94. The maximum atomic E-state index is 13.0. The van der Waals surface area contributed by atoms with Crippen LogP contribution in [0.1, 0.15) is 23.2 Å². The molecular formula is C22H21NO2. The third-order valence-corrected chi connectivity index (χ3v) is 4.92. The highest BCUT2D eigenvalue weighted by molar-refractivity contribution is 6.11. The van der Waals surface area contributed by atoms with E-state index in [0.717, 1.165) is 34.7 Å². The summed E-state index contributed by atoms with van der Waals surface area (Å²) in [5.74, 6) is 0.00885. The maximum absolute atomic E-state index is 13.0. The highest BCUT2D eigenvalue weighted by Gasteiger charge is 2.24. The van der Waals surface area contributed by atoms with Crippen LogP contribution in [0.2, 0.25) is 0 Å². The molecule has 0 saturated carbocycles. The van der Waals surface area contributed by atoms with Crippen molar-refractivity contribution in [3.63, 3.8) is 0 Å². The van der Waals surface area contributed by atoms with Gasteiger partial charge in [-0.1, -0.05) is 60.7 Å². The molecule has 4 rings (SSSR count). The molecule has 0 bridgehead atoms. The van der Waals surface area contributed by atoms with E-state index in [4.69, 9.17) is 0 Å². The van der Waals surface area contributed by atoms with Gasteiger partial charge >= 0.3 is 0 Å². The van der Waals surface area contributed by atoms with E-state index in [1.807, 2.05) is 48.5 Å². The number of rotatable bonds is 2. The Hall–Kier alpha value is -2.65. The van der Waals surface area contributed by atoms with Crippen molar-refractivity contribution in [2.75, 3.05) is 13.1 Å². The number of hydrogen-bond acceptors (Lipinski definition) is 2. The van der Waals surface area contributed by atoms with Crippen LogP contribution < -0.4 is 0 Å². The van der Waals surface area contributed by atoms with Gasteiger partial charge in [-0.05, 0) is 40.8 Å². The van der Waals surface area contributed by atoms with Crippen molar-refractivity contribution < 1.29 is 9.90 Å². The third kappa shape index (κ3) is 3.03. The number of benzene rings is 3. The normalized spacial score (nSPS) is 17.6. The van der Waals surface area contributed by atoms with E-state index in [1.54, 1.807) is 4.90 Å². The van der Waals surface area contributed by atoms with Gasteiger partial charge in [0.25, 0.3) is 5.91 Å². The number of β-amino-alcohol motifs (C(OH)–C–C–N with tert-alkyl or cyclic N) is 1. The van der Waals surface area contributed by atoms with Crippen molar-refractivity contribution in [3.8, 4) is 11.1 Å². The second-order valence-electron chi connectivity index (χ2n) is 6.62. The number of aliphatic hydroxyl groups excluding tert-OH is 1. The van der Waals surface area contributed by atoms with Crippen LogP contribution in [0.15, 0.2) is 66.7 Å². The van der Waals surface area contributed by atoms with Crippen LogP contribution in [0, 0.1) is 0 Å². The van der Waals surface area contributed by atoms with Crippen molar-refractivity contribution in [1.29, 1.82) is 0 Å². The lowest BCUT2D eigenvalue weighted by Gasteiger charge is -2.30. The Morgan fingerprint density at radius 2 is 1.64 bits per heavy atom. The quantitative estimate of drug-likeness (QED) is 0.768. The topological polar surface area (TPSA) is 40.5 Å². The van der Waals surface area contributed by atoms with Crippen LogP contribution >= 0.6 is 0 Å². The number of likely N-dealkylation sites (tertiary alicyclic amines) is 1. The van der Waals surface area contributed by atoms with Crippen LogP contribution in [0.5, 0.6) is 0 Å². The molecule has 1 aliphatic rings. The second-order valence-corrected chi connectivity index (χ2v) is 6.62. The van der Waals surface area contributed by atoms with E-state index >= 15 is 0 Å². The zero-order chi connectivity index (χ0) is 17.2. The van der Waals surface area contributed by atoms with Crippen molar-refractivity contribution >= 4 is 16.7 Å². The molecule has 0 aliphatic carbocycles. The molecule has 3 nitrogen and oxygen atoms in total. The third-order valence-electron chi connectivity index (χ3n) is 4.92. The Morgan fingerprint density at radius 3 is 2.40 bits per heavy atom. The van der Waals surface area contributed by atoms with Gasteiger partial charge in [0, 0.05) is 18.7 Å². The van der Waals surface area contributed by atoms with E-state index in [2.05, 4.69) is 18.2 Å². The van der Waals surface area contributed by atoms with Gasteiger partial charge in [0.05, 0.1) is 6.10 Å². The van der Waals surface area contributed by atoms with E-state index in [1.165, 1.54) is 0 Å². The predicted molar refractivity (Wildman–Crippen MR) is 101 cm³/mol. The summed E-state index contributed by atoms with van der Waals surface area (Å²) in [4.78, 5) is 14.8. The first kappa shape index (κ1) is 15.9. The number of amides is 1. The molecule has 1 unspecified atom stereocenters. The second kappa shape index (κ2) is 6.69. The summed E-state index contributed by atoms with van der Waals surface area (Å²) < 4.78 is 0. The first-order valence-corrected chi connectivity index (χ1v) is 8.78. The van der Waals surface area contributed by atoms with E-state index in [-0.39, 0.29) is 5.91 Å². The fraction of sp³-hybridized carbons (Fsp3) is 0.227. The molecule has 0 spiro atoms. The van der Waals surface area contributed by atoms with Gasteiger partial charge in [-0.3, -0.25) is 4.79 Å². The van der Waals surface area contributed by atoms with Gasteiger partial charge < -0.3 is 10.0 Å². The summed E-state index contributed by atoms with van der Waals surface area (Å²) in [5.41, 5.74) is 2.99. The maximum Gasteiger partial charge on any atom is 0.254 e. The average molecular weight is 331 g/mol. The van der Waals surface area contributed by atoms with Crippen LogP contribution in [0.25, 0.3) is 21.9 Å². The van der Waals surface area contributed by atoms with Gasteiger partial charge in [-0.15, -0.1) is 0 Å². The van der Waals surface area contributed by atoms with Crippen LogP contribution in [-0.4, -0.2) is 35.1 Å². The Morgan fingerprint density at radius 1 is 0.920 bits per heavy atom. The summed E-state index contributed by atoms with van der Waals surface area (Å²) in [5, 5.41) is 11.9. The fourth-order valence-corrected chi connectivity index (χ4v) is 3.66. The van der Waals surface area contributed by atoms with Crippen LogP contribution in [0.4, 0.5) is 0 Å². The Bertz CT molecular complexity index is 904. The summed E-state index contributed by atoms with van der Waals surface area (Å²) in [6, 6.07) is 22.2. The molecule has 1 saturated heterocycles. The molecule has 25 heavy (non-hydrogen) atoms. The molecular weight excluding hydrogens is 310 g/mol. The molecule has 3 heteroatoms. The standard InChI is InChI=1S/C22H21NO2/c24-17-9-6-14-23(15-17)22(25)21-13-12-18(16-7-2-1-3-8-16)19-10-4-5-11-20(19)21/h1-5,7-8,10-13,17,24H,6,9,14-15H2. The minimum Gasteiger partial charge on any atom is -0.391 e. The van der Waals surface area contributed by atoms with E-state index in [9.17, 15) is 9.90 Å². The van der Waals surface area contributed by atoms with Gasteiger partial charge in [0.2, 0.25) is 0 Å². The highest BCUT2D eigenvalue weighted by atomic mass is 16.3. The minimum atomic E-state index is -0.410. The monoisotopic (exact) mass is 331 g/mol. The van der Waals surface area contributed by atoms with Crippen molar-refractivity contribution in [3.05, 3.63) is 72.3 Å². The Labute approximate surface area is 147 Å². The molecule has 1 fully saturated rings. The first-order chi connectivity index (χ1) is 12.2.